The first-order chi connectivity index (χ1) is 9.62. The lowest BCUT2D eigenvalue weighted by Crippen LogP contribution is -2.41. The van der Waals surface area contributed by atoms with Crippen LogP contribution in [0.4, 0.5) is 0 Å². The van der Waals surface area contributed by atoms with Crippen molar-refractivity contribution < 1.29 is 19.2 Å². The van der Waals surface area contributed by atoms with Gasteiger partial charge in [0, 0.05) is 10.3 Å². The molecule has 1 fully saturated rings. The van der Waals surface area contributed by atoms with Gasteiger partial charge in [-0.2, -0.15) is 0 Å². The van der Waals surface area contributed by atoms with Gasteiger partial charge in [0.25, 0.3) is 0 Å². The standard InChI is InChI=1S/C15H20BBrO4/c1-14(2)15(3,4)21-16(20-14)12(9-13(18)19)10-5-7-11(17)8-6-10/h5-8,12H,9H2,1-4H3,(H,18,19). The van der Waals surface area contributed by atoms with E-state index in [-0.39, 0.29) is 12.2 Å². The van der Waals surface area contributed by atoms with Crippen LogP contribution in [0.1, 0.15) is 45.5 Å². The molecule has 6 heteroatoms. The number of carbonyl (C=O) groups is 1. The fourth-order valence-corrected chi connectivity index (χ4v) is 2.59. The Labute approximate surface area is 134 Å². The van der Waals surface area contributed by atoms with Gasteiger partial charge >= 0.3 is 13.1 Å². The van der Waals surface area contributed by atoms with Gasteiger partial charge in [-0.05, 0) is 45.4 Å². The van der Waals surface area contributed by atoms with Gasteiger partial charge in [-0.25, -0.2) is 0 Å². The van der Waals surface area contributed by atoms with Crippen molar-refractivity contribution in [2.45, 2.75) is 51.1 Å². The molecule has 1 unspecified atom stereocenters. The molecule has 1 aromatic carbocycles. The molecular weight excluding hydrogens is 335 g/mol. The quantitative estimate of drug-likeness (QED) is 0.838. The van der Waals surface area contributed by atoms with Crippen LogP contribution in [0, 0.1) is 0 Å². The van der Waals surface area contributed by atoms with Gasteiger partial charge in [0.2, 0.25) is 0 Å². The largest absolute Gasteiger partial charge is 0.481 e. The molecule has 1 aliphatic rings. The zero-order valence-electron chi connectivity index (χ0n) is 12.7. The lowest BCUT2D eigenvalue weighted by Gasteiger charge is -2.32. The van der Waals surface area contributed by atoms with Gasteiger partial charge in [0.05, 0.1) is 17.6 Å². The summed E-state index contributed by atoms with van der Waals surface area (Å²) in [6.07, 6.45) is -0.0293. The average Bonchev–Trinajstić information content (AvgIpc) is 2.56. The first kappa shape index (κ1) is 16.5. The highest BCUT2D eigenvalue weighted by atomic mass is 79.9. The van der Waals surface area contributed by atoms with Crippen molar-refractivity contribution in [3.8, 4) is 0 Å². The number of rotatable bonds is 4. The summed E-state index contributed by atoms with van der Waals surface area (Å²) in [5, 5.41) is 9.20. The summed E-state index contributed by atoms with van der Waals surface area (Å²) in [5.74, 6) is -1.20. The molecule has 1 saturated heterocycles. The minimum atomic E-state index is -0.863. The lowest BCUT2D eigenvalue weighted by atomic mass is 9.66. The highest BCUT2D eigenvalue weighted by Gasteiger charge is 2.54. The molecule has 1 heterocycles. The minimum absolute atomic E-state index is 0.0293. The van der Waals surface area contributed by atoms with E-state index in [1.807, 2.05) is 52.0 Å². The van der Waals surface area contributed by atoms with Gasteiger partial charge in [0.1, 0.15) is 0 Å². The first-order valence-electron chi connectivity index (χ1n) is 6.95. The zero-order chi connectivity index (χ0) is 15.8. The van der Waals surface area contributed by atoms with Crippen molar-refractivity contribution in [3.05, 3.63) is 34.3 Å². The Morgan fingerprint density at radius 3 is 2.10 bits per heavy atom. The van der Waals surface area contributed by atoms with E-state index in [4.69, 9.17) is 9.31 Å². The fourth-order valence-electron chi connectivity index (χ4n) is 2.32. The van der Waals surface area contributed by atoms with Crippen LogP contribution in [0.2, 0.25) is 0 Å². The van der Waals surface area contributed by atoms with Crippen molar-refractivity contribution in [1.29, 1.82) is 0 Å². The monoisotopic (exact) mass is 354 g/mol. The summed E-state index contributed by atoms with van der Waals surface area (Å²) in [6, 6.07) is 7.61. The highest BCUT2D eigenvalue weighted by molar-refractivity contribution is 9.10. The van der Waals surface area contributed by atoms with E-state index in [2.05, 4.69) is 15.9 Å². The summed E-state index contributed by atoms with van der Waals surface area (Å²) >= 11 is 3.39. The van der Waals surface area contributed by atoms with E-state index in [0.29, 0.717) is 0 Å². The lowest BCUT2D eigenvalue weighted by molar-refractivity contribution is -0.137. The molecule has 0 aromatic heterocycles. The first-order valence-corrected chi connectivity index (χ1v) is 7.74. The number of halogens is 1. The molecular formula is C15H20BBrO4. The fraction of sp³-hybridized carbons (Fsp3) is 0.533. The van der Waals surface area contributed by atoms with Crippen molar-refractivity contribution in [2.24, 2.45) is 0 Å². The molecule has 0 radical (unpaired) electrons. The predicted octanol–water partition coefficient (Wildman–Crippen LogP) is 3.64. The molecule has 114 valence electrons. The van der Waals surface area contributed by atoms with Crippen LogP contribution in [0.5, 0.6) is 0 Å². The van der Waals surface area contributed by atoms with E-state index < -0.39 is 24.3 Å². The van der Waals surface area contributed by atoms with E-state index in [9.17, 15) is 9.90 Å². The molecule has 0 spiro atoms. The van der Waals surface area contributed by atoms with E-state index in [0.717, 1.165) is 10.0 Å². The van der Waals surface area contributed by atoms with Gasteiger partial charge in [-0.15, -0.1) is 0 Å². The second-order valence-corrected chi connectivity index (χ2v) is 7.30. The molecule has 1 N–H and O–H groups in total. The van der Waals surface area contributed by atoms with E-state index in [1.165, 1.54) is 0 Å². The summed E-state index contributed by atoms with van der Waals surface area (Å²) in [7, 11) is -0.563. The van der Waals surface area contributed by atoms with Gasteiger partial charge in [-0.3, -0.25) is 4.79 Å². The summed E-state index contributed by atoms with van der Waals surface area (Å²) < 4.78 is 13.0. The number of aliphatic carboxylic acids is 1. The Hall–Kier alpha value is -0.845. The third-order valence-corrected chi connectivity index (χ3v) is 4.82. The molecule has 1 aromatic rings. The van der Waals surface area contributed by atoms with Gasteiger partial charge < -0.3 is 14.4 Å². The van der Waals surface area contributed by atoms with Crippen LogP contribution in [0.25, 0.3) is 0 Å². The number of hydrogen-bond acceptors (Lipinski definition) is 3. The topological polar surface area (TPSA) is 55.8 Å². The van der Waals surface area contributed by atoms with Crippen LogP contribution in [0.15, 0.2) is 28.7 Å². The molecule has 0 aliphatic carbocycles. The van der Waals surface area contributed by atoms with Crippen molar-refractivity contribution in [3.63, 3.8) is 0 Å². The van der Waals surface area contributed by atoms with Crippen LogP contribution in [-0.2, 0) is 14.1 Å². The molecule has 2 rings (SSSR count). The normalized spacial score (nSPS) is 21.3. The SMILES string of the molecule is CC1(C)OB(C(CC(=O)O)c2ccc(Br)cc2)OC1(C)C. The molecule has 0 saturated carbocycles. The maximum atomic E-state index is 11.2. The second-order valence-electron chi connectivity index (χ2n) is 6.38. The number of carboxylic acid groups (broad SMARTS) is 1. The summed E-state index contributed by atoms with van der Waals surface area (Å²) in [5.41, 5.74) is -0.0350. The van der Waals surface area contributed by atoms with Gasteiger partial charge in [-0.1, -0.05) is 28.1 Å². The van der Waals surface area contributed by atoms with Gasteiger partial charge in [0.15, 0.2) is 0 Å². The Bertz CT molecular complexity index is 511. The molecule has 21 heavy (non-hydrogen) atoms. The number of carboxylic acids is 1. The smallest absolute Gasteiger partial charge is 0.466 e. The van der Waals surface area contributed by atoms with Crippen LogP contribution in [-0.4, -0.2) is 29.4 Å². The van der Waals surface area contributed by atoms with Crippen molar-refractivity contribution in [1.82, 2.24) is 0 Å². The average molecular weight is 355 g/mol. The van der Waals surface area contributed by atoms with Crippen LogP contribution < -0.4 is 0 Å². The Morgan fingerprint density at radius 2 is 1.67 bits per heavy atom. The number of benzene rings is 1. The molecule has 1 aliphatic heterocycles. The maximum absolute atomic E-state index is 11.2. The summed E-state index contributed by atoms with van der Waals surface area (Å²) in [6.45, 7) is 7.86. The van der Waals surface area contributed by atoms with Crippen LogP contribution in [0.3, 0.4) is 0 Å². The molecule has 1 atom stereocenters. The van der Waals surface area contributed by atoms with Crippen molar-refractivity contribution >= 4 is 29.0 Å². The minimum Gasteiger partial charge on any atom is -0.481 e. The third-order valence-electron chi connectivity index (χ3n) is 4.29. The Balaban J connectivity index is 2.30. The van der Waals surface area contributed by atoms with E-state index >= 15 is 0 Å². The van der Waals surface area contributed by atoms with E-state index in [1.54, 1.807) is 0 Å². The predicted molar refractivity (Wildman–Crippen MR) is 85.2 cm³/mol. The maximum Gasteiger partial charge on any atom is 0.466 e. The summed E-state index contributed by atoms with van der Waals surface area (Å²) in [4.78, 5) is 11.2. The second kappa shape index (κ2) is 5.74. The molecule has 0 amide bonds. The molecule has 4 nitrogen and oxygen atoms in total. The third kappa shape index (κ3) is 3.50. The molecule has 0 bridgehead atoms. The zero-order valence-corrected chi connectivity index (χ0v) is 14.3. The Morgan fingerprint density at radius 1 is 1.19 bits per heavy atom. The highest BCUT2D eigenvalue weighted by Crippen LogP contribution is 2.41. The number of hydrogen-bond donors (Lipinski definition) is 1. The Kier molecular flexibility index (Phi) is 4.52. The van der Waals surface area contributed by atoms with Crippen LogP contribution >= 0.6 is 15.9 Å². The van der Waals surface area contributed by atoms with Crippen molar-refractivity contribution in [2.75, 3.05) is 0 Å².